The summed E-state index contributed by atoms with van der Waals surface area (Å²) in [5.74, 6) is 0.573. The standard InChI is InChI=1S/C21H26N2O7/c1-6-27-16-9-8-15(10-17(16)28-7-2)22-21(26)23-18(24)11-29-20(25)19-12(3)13(4)30-14(19)5/h8-10H,6-7,11H2,1-5H3,(H2,22,23,24,26). The molecule has 0 aliphatic carbocycles. The van der Waals surface area contributed by atoms with E-state index >= 15 is 0 Å². The van der Waals surface area contributed by atoms with E-state index in [-0.39, 0.29) is 5.56 Å². The summed E-state index contributed by atoms with van der Waals surface area (Å²) in [6.07, 6.45) is 0. The van der Waals surface area contributed by atoms with Crippen molar-refractivity contribution in [3.05, 3.63) is 40.8 Å². The van der Waals surface area contributed by atoms with Crippen molar-refractivity contribution in [2.24, 2.45) is 0 Å². The topological polar surface area (TPSA) is 116 Å². The summed E-state index contributed by atoms with van der Waals surface area (Å²) in [6.45, 7) is 9.06. The summed E-state index contributed by atoms with van der Waals surface area (Å²) in [7, 11) is 0. The molecule has 30 heavy (non-hydrogen) atoms. The SMILES string of the molecule is CCOc1ccc(NC(=O)NC(=O)COC(=O)c2c(C)oc(C)c2C)cc1OCC. The van der Waals surface area contributed by atoms with E-state index in [2.05, 4.69) is 10.6 Å². The quantitative estimate of drug-likeness (QED) is 0.630. The highest BCUT2D eigenvalue weighted by molar-refractivity contribution is 6.02. The van der Waals surface area contributed by atoms with Crippen LogP contribution in [0.2, 0.25) is 0 Å². The number of furan rings is 1. The number of hydrogen-bond donors (Lipinski definition) is 2. The number of aryl methyl sites for hydroxylation is 2. The van der Waals surface area contributed by atoms with Gasteiger partial charge in [0.25, 0.3) is 5.91 Å². The van der Waals surface area contributed by atoms with Crippen molar-refractivity contribution in [2.45, 2.75) is 34.6 Å². The van der Waals surface area contributed by atoms with Gasteiger partial charge in [0.15, 0.2) is 18.1 Å². The fraction of sp³-hybridized carbons (Fsp3) is 0.381. The van der Waals surface area contributed by atoms with Gasteiger partial charge < -0.3 is 23.9 Å². The zero-order valence-corrected chi connectivity index (χ0v) is 17.7. The van der Waals surface area contributed by atoms with E-state index in [0.29, 0.717) is 47.5 Å². The fourth-order valence-electron chi connectivity index (χ4n) is 2.75. The molecule has 1 aromatic carbocycles. The predicted octanol–water partition coefficient (Wildman–Crippen LogP) is 3.51. The van der Waals surface area contributed by atoms with E-state index in [1.807, 2.05) is 13.8 Å². The van der Waals surface area contributed by atoms with E-state index in [1.165, 1.54) is 0 Å². The first-order valence-electron chi connectivity index (χ1n) is 9.50. The van der Waals surface area contributed by atoms with Crippen molar-refractivity contribution in [3.8, 4) is 11.5 Å². The van der Waals surface area contributed by atoms with Crippen LogP contribution < -0.4 is 20.1 Å². The Bertz CT molecular complexity index is 934. The second kappa shape index (κ2) is 10.3. The number of hydrogen-bond acceptors (Lipinski definition) is 7. The lowest BCUT2D eigenvalue weighted by Gasteiger charge is -2.13. The zero-order valence-electron chi connectivity index (χ0n) is 17.7. The molecule has 2 rings (SSSR count). The number of amides is 3. The number of nitrogens with one attached hydrogen (secondary N) is 2. The molecule has 3 amide bonds. The van der Waals surface area contributed by atoms with Gasteiger partial charge in [-0.3, -0.25) is 10.1 Å². The fourth-order valence-corrected chi connectivity index (χ4v) is 2.75. The van der Waals surface area contributed by atoms with E-state index < -0.39 is 24.5 Å². The maximum atomic E-state index is 12.2. The molecule has 9 nitrogen and oxygen atoms in total. The molecule has 1 heterocycles. The first-order chi connectivity index (χ1) is 14.3. The Morgan fingerprint density at radius 3 is 2.23 bits per heavy atom. The van der Waals surface area contributed by atoms with Crippen LogP contribution in [-0.4, -0.2) is 37.7 Å². The smallest absolute Gasteiger partial charge is 0.342 e. The van der Waals surface area contributed by atoms with Gasteiger partial charge in [0, 0.05) is 17.3 Å². The van der Waals surface area contributed by atoms with Gasteiger partial charge in [0.2, 0.25) is 0 Å². The van der Waals surface area contributed by atoms with E-state index in [4.69, 9.17) is 18.6 Å². The number of esters is 1. The van der Waals surface area contributed by atoms with Crippen LogP contribution in [0.15, 0.2) is 22.6 Å². The van der Waals surface area contributed by atoms with Gasteiger partial charge in [-0.2, -0.15) is 0 Å². The van der Waals surface area contributed by atoms with Crippen molar-refractivity contribution < 1.29 is 33.0 Å². The molecule has 0 fully saturated rings. The van der Waals surface area contributed by atoms with Crippen molar-refractivity contribution in [1.29, 1.82) is 0 Å². The monoisotopic (exact) mass is 418 g/mol. The second-order valence-electron chi connectivity index (χ2n) is 6.32. The van der Waals surface area contributed by atoms with Crippen LogP contribution in [0, 0.1) is 20.8 Å². The number of carbonyl (C=O) groups excluding carboxylic acids is 3. The normalized spacial score (nSPS) is 10.3. The highest BCUT2D eigenvalue weighted by Crippen LogP contribution is 2.30. The minimum Gasteiger partial charge on any atom is -0.490 e. The minimum atomic E-state index is -0.771. The Kier molecular flexibility index (Phi) is 7.85. The molecule has 2 aromatic rings. The lowest BCUT2D eigenvalue weighted by atomic mass is 10.1. The summed E-state index contributed by atoms with van der Waals surface area (Å²) in [5.41, 5.74) is 1.34. The predicted molar refractivity (Wildman–Crippen MR) is 109 cm³/mol. The molecule has 0 saturated carbocycles. The van der Waals surface area contributed by atoms with Gasteiger partial charge in [-0.05, 0) is 46.8 Å². The van der Waals surface area contributed by atoms with Crippen LogP contribution >= 0.6 is 0 Å². The molecule has 1 aromatic heterocycles. The Labute approximate surface area is 174 Å². The Morgan fingerprint density at radius 1 is 0.967 bits per heavy atom. The molecule has 9 heteroatoms. The lowest BCUT2D eigenvalue weighted by molar-refractivity contribution is -0.123. The average Bonchev–Trinajstić information content (AvgIpc) is 2.94. The molecule has 2 N–H and O–H groups in total. The highest BCUT2D eigenvalue weighted by atomic mass is 16.5. The van der Waals surface area contributed by atoms with Crippen molar-refractivity contribution in [3.63, 3.8) is 0 Å². The van der Waals surface area contributed by atoms with Gasteiger partial charge in [0.05, 0.1) is 13.2 Å². The Balaban J connectivity index is 1.91. The maximum absolute atomic E-state index is 12.2. The number of ether oxygens (including phenoxy) is 3. The molecule has 0 bridgehead atoms. The van der Waals surface area contributed by atoms with Crippen LogP contribution in [0.25, 0.3) is 0 Å². The summed E-state index contributed by atoms with van der Waals surface area (Å²) < 4.78 is 21.3. The second-order valence-corrected chi connectivity index (χ2v) is 6.32. The zero-order chi connectivity index (χ0) is 22.3. The molecule has 0 aliphatic heterocycles. The average molecular weight is 418 g/mol. The number of rotatable bonds is 8. The summed E-state index contributed by atoms with van der Waals surface area (Å²) in [5, 5.41) is 4.62. The van der Waals surface area contributed by atoms with Crippen LogP contribution in [0.1, 0.15) is 41.3 Å². The first kappa shape index (κ1) is 22.8. The third-order valence-electron chi connectivity index (χ3n) is 4.15. The van der Waals surface area contributed by atoms with E-state index in [1.54, 1.807) is 39.0 Å². The molecule has 0 aliphatic rings. The van der Waals surface area contributed by atoms with Gasteiger partial charge in [0.1, 0.15) is 17.1 Å². The summed E-state index contributed by atoms with van der Waals surface area (Å²) in [6, 6.07) is 4.09. The summed E-state index contributed by atoms with van der Waals surface area (Å²) >= 11 is 0. The van der Waals surface area contributed by atoms with Crippen LogP contribution in [0.3, 0.4) is 0 Å². The third-order valence-corrected chi connectivity index (χ3v) is 4.15. The van der Waals surface area contributed by atoms with Gasteiger partial charge in [-0.25, -0.2) is 9.59 Å². The molecule has 162 valence electrons. The molecule has 0 atom stereocenters. The van der Waals surface area contributed by atoms with E-state index in [9.17, 15) is 14.4 Å². The summed E-state index contributed by atoms with van der Waals surface area (Å²) in [4.78, 5) is 36.2. The van der Waals surface area contributed by atoms with Gasteiger partial charge >= 0.3 is 12.0 Å². The number of carbonyl (C=O) groups is 3. The largest absolute Gasteiger partial charge is 0.490 e. The Morgan fingerprint density at radius 2 is 1.63 bits per heavy atom. The Hall–Kier alpha value is -3.49. The number of urea groups is 1. The lowest BCUT2D eigenvalue weighted by Crippen LogP contribution is -2.37. The number of imide groups is 1. The molecular weight excluding hydrogens is 392 g/mol. The maximum Gasteiger partial charge on any atom is 0.342 e. The van der Waals surface area contributed by atoms with Crippen molar-refractivity contribution in [2.75, 3.05) is 25.1 Å². The molecule has 0 saturated heterocycles. The molecule has 0 radical (unpaired) electrons. The first-order valence-corrected chi connectivity index (χ1v) is 9.50. The highest BCUT2D eigenvalue weighted by Gasteiger charge is 2.21. The van der Waals surface area contributed by atoms with Gasteiger partial charge in [-0.1, -0.05) is 0 Å². The minimum absolute atomic E-state index is 0.280. The molecule has 0 unspecified atom stereocenters. The van der Waals surface area contributed by atoms with Gasteiger partial charge in [-0.15, -0.1) is 0 Å². The molecular formula is C21H26N2O7. The number of anilines is 1. The third kappa shape index (κ3) is 5.76. The van der Waals surface area contributed by atoms with Crippen LogP contribution in [0.5, 0.6) is 11.5 Å². The van der Waals surface area contributed by atoms with Crippen molar-refractivity contribution in [1.82, 2.24) is 5.32 Å². The van der Waals surface area contributed by atoms with E-state index in [0.717, 1.165) is 0 Å². The number of benzene rings is 1. The van der Waals surface area contributed by atoms with Crippen LogP contribution in [-0.2, 0) is 9.53 Å². The van der Waals surface area contributed by atoms with Crippen molar-refractivity contribution >= 4 is 23.6 Å². The molecule has 0 spiro atoms. The van der Waals surface area contributed by atoms with Crippen LogP contribution in [0.4, 0.5) is 10.5 Å².